The highest BCUT2D eigenvalue weighted by Crippen LogP contribution is 2.30. The maximum Gasteiger partial charge on any atom is 0.312 e. The summed E-state index contributed by atoms with van der Waals surface area (Å²) in [6.45, 7) is -0.110. The first-order chi connectivity index (χ1) is 14.1. The van der Waals surface area contributed by atoms with Gasteiger partial charge in [0.1, 0.15) is 18.3 Å². The lowest BCUT2D eigenvalue weighted by atomic mass is 9.80. The minimum atomic E-state index is -1.34. The SMILES string of the molecule is CO[C@H]1[C@@H](O)[C@H](N)[C@H](O[C@H]2O[C@@H](CN)CC[C@@H]2N)[C@@H](O)[C@H]1N(C)C(=O)CNC(N)=O. The van der Waals surface area contributed by atoms with Gasteiger partial charge in [-0.05, 0) is 12.8 Å². The Balaban J connectivity index is 2.20. The van der Waals surface area contributed by atoms with E-state index in [4.69, 9.17) is 37.1 Å². The molecule has 174 valence electrons. The summed E-state index contributed by atoms with van der Waals surface area (Å²) in [4.78, 5) is 24.5. The first-order valence-electron chi connectivity index (χ1n) is 9.82. The van der Waals surface area contributed by atoms with Crippen LogP contribution in [0, 0.1) is 0 Å². The predicted octanol–water partition coefficient (Wildman–Crippen LogP) is -4.26. The number of carbonyl (C=O) groups is 2. The number of nitrogens with two attached hydrogens (primary N) is 4. The van der Waals surface area contributed by atoms with Crippen molar-refractivity contribution in [3.63, 3.8) is 0 Å². The van der Waals surface area contributed by atoms with Crippen LogP contribution in [0.15, 0.2) is 0 Å². The van der Waals surface area contributed by atoms with Crippen LogP contribution in [0.5, 0.6) is 0 Å². The number of amides is 3. The smallest absolute Gasteiger partial charge is 0.312 e. The summed E-state index contributed by atoms with van der Waals surface area (Å²) in [7, 11) is 2.73. The molecule has 0 aromatic carbocycles. The highest BCUT2D eigenvalue weighted by Gasteiger charge is 2.53. The lowest BCUT2D eigenvalue weighted by molar-refractivity contribution is -0.265. The maximum atomic E-state index is 12.4. The molecule has 1 heterocycles. The highest BCUT2D eigenvalue weighted by atomic mass is 16.7. The summed E-state index contributed by atoms with van der Waals surface area (Å²) in [6, 6.07) is -3.41. The molecule has 9 atom stereocenters. The lowest BCUT2D eigenvalue weighted by Gasteiger charge is -2.50. The molecule has 3 amide bonds. The van der Waals surface area contributed by atoms with Crippen molar-refractivity contribution in [3.8, 4) is 0 Å². The zero-order valence-electron chi connectivity index (χ0n) is 17.2. The van der Waals surface area contributed by atoms with E-state index in [2.05, 4.69) is 5.32 Å². The quantitative estimate of drug-likeness (QED) is 0.204. The fourth-order valence-corrected chi connectivity index (χ4v) is 3.92. The molecule has 0 aromatic heterocycles. The first kappa shape index (κ1) is 24.7. The van der Waals surface area contributed by atoms with Crippen molar-refractivity contribution in [3.05, 3.63) is 0 Å². The Morgan fingerprint density at radius 2 is 1.87 bits per heavy atom. The number of nitrogens with one attached hydrogen (secondary N) is 1. The van der Waals surface area contributed by atoms with Crippen LogP contribution in [-0.4, -0.2) is 109 Å². The third-order valence-corrected chi connectivity index (χ3v) is 5.71. The van der Waals surface area contributed by atoms with Gasteiger partial charge in [-0.1, -0.05) is 0 Å². The molecule has 1 saturated carbocycles. The average molecular weight is 434 g/mol. The number of urea groups is 1. The minimum absolute atomic E-state index is 0.247. The van der Waals surface area contributed by atoms with E-state index in [0.29, 0.717) is 12.8 Å². The van der Waals surface area contributed by atoms with E-state index in [9.17, 15) is 19.8 Å². The zero-order chi connectivity index (χ0) is 22.6. The fraction of sp³-hybridized carbons (Fsp3) is 0.882. The van der Waals surface area contributed by atoms with Crippen molar-refractivity contribution in [1.82, 2.24) is 10.2 Å². The van der Waals surface area contributed by atoms with Crippen molar-refractivity contribution < 1.29 is 34.0 Å². The molecule has 0 unspecified atom stereocenters. The van der Waals surface area contributed by atoms with Gasteiger partial charge >= 0.3 is 6.03 Å². The van der Waals surface area contributed by atoms with Crippen molar-refractivity contribution in [2.24, 2.45) is 22.9 Å². The summed E-state index contributed by atoms with van der Waals surface area (Å²) in [5.41, 5.74) is 22.9. The number of likely N-dealkylation sites (N-methyl/N-ethyl adjacent to an activating group) is 1. The lowest BCUT2D eigenvalue weighted by Crippen LogP contribution is -2.72. The van der Waals surface area contributed by atoms with E-state index >= 15 is 0 Å². The van der Waals surface area contributed by atoms with E-state index in [1.165, 1.54) is 14.2 Å². The van der Waals surface area contributed by atoms with Gasteiger partial charge in [0.2, 0.25) is 5.91 Å². The molecular formula is C17H34N6O7. The van der Waals surface area contributed by atoms with Crippen molar-refractivity contribution >= 4 is 11.9 Å². The third kappa shape index (κ3) is 5.36. The highest BCUT2D eigenvalue weighted by molar-refractivity contribution is 5.83. The summed E-state index contributed by atoms with van der Waals surface area (Å²) in [5.74, 6) is -0.560. The van der Waals surface area contributed by atoms with Gasteiger partial charge in [-0.3, -0.25) is 4.79 Å². The monoisotopic (exact) mass is 434 g/mol. The van der Waals surface area contributed by atoms with Crippen LogP contribution in [0.25, 0.3) is 0 Å². The Hall–Kier alpha value is -1.58. The normalized spacial score (nSPS) is 39.4. The molecule has 13 nitrogen and oxygen atoms in total. The number of primary amides is 1. The maximum absolute atomic E-state index is 12.4. The standard InChI is InChI=1S/C17H34N6O7/c1-23(9(24)6-22-17(21)27)11-13(26)14(10(20)12(25)15(11)28-2)30-16-8(19)4-3-7(5-18)29-16/h7-8,10-16,25-26H,3-6,18-20H2,1-2H3,(H3,21,22,27)/t7-,8+,10+,11-,12+,13+,14+,15-,16-/m1/s1. The molecule has 11 N–H and O–H groups in total. The molecule has 1 aliphatic heterocycles. The van der Waals surface area contributed by atoms with E-state index in [-0.39, 0.29) is 12.6 Å². The summed E-state index contributed by atoms with van der Waals surface area (Å²) in [6.07, 6.45) is -4.57. The second-order valence-electron chi connectivity index (χ2n) is 7.68. The van der Waals surface area contributed by atoms with Crippen LogP contribution >= 0.6 is 0 Å². The van der Waals surface area contributed by atoms with Gasteiger partial charge in [-0.2, -0.15) is 0 Å². The first-order valence-corrected chi connectivity index (χ1v) is 9.82. The van der Waals surface area contributed by atoms with Gasteiger partial charge in [-0.25, -0.2) is 4.79 Å². The molecular weight excluding hydrogens is 400 g/mol. The molecule has 13 heteroatoms. The van der Waals surface area contributed by atoms with Gasteiger partial charge in [0.15, 0.2) is 6.29 Å². The molecule has 0 radical (unpaired) electrons. The summed E-state index contributed by atoms with van der Waals surface area (Å²) >= 11 is 0. The largest absolute Gasteiger partial charge is 0.389 e. The van der Waals surface area contributed by atoms with Crippen LogP contribution in [0.1, 0.15) is 12.8 Å². The molecule has 0 bridgehead atoms. The number of hydrogen-bond acceptors (Lipinski definition) is 10. The topological polar surface area (TPSA) is 222 Å². The number of nitrogens with zero attached hydrogens (tertiary/aromatic N) is 1. The predicted molar refractivity (Wildman–Crippen MR) is 105 cm³/mol. The van der Waals surface area contributed by atoms with Crippen molar-refractivity contribution in [2.45, 2.75) is 67.8 Å². The summed E-state index contributed by atoms with van der Waals surface area (Å²) in [5, 5.41) is 23.9. The van der Waals surface area contributed by atoms with E-state index in [0.717, 1.165) is 4.90 Å². The van der Waals surface area contributed by atoms with Gasteiger partial charge in [0.25, 0.3) is 0 Å². The Labute approximate surface area is 174 Å². The fourth-order valence-electron chi connectivity index (χ4n) is 3.92. The third-order valence-electron chi connectivity index (χ3n) is 5.71. The van der Waals surface area contributed by atoms with Gasteiger partial charge in [-0.15, -0.1) is 0 Å². The number of ether oxygens (including phenoxy) is 3. The van der Waals surface area contributed by atoms with Crippen LogP contribution < -0.4 is 28.3 Å². The van der Waals surface area contributed by atoms with Crippen LogP contribution in [0.2, 0.25) is 0 Å². The number of rotatable bonds is 7. The number of carbonyl (C=O) groups excluding carboxylic acids is 2. The van der Waals surface area contributed by atoms with E-state index in [1.54, 1.807) is 0 Å². The molecule has 2 aliphatic rings. The Bertz CT molecular complexity index is 599. The van der Waals surface area contributed by atoms with Crippen molar-refractivity contribution in [1.29, 1.82) is 0 Å². The van der Waals surface area contributed by atoms with Gasteiger partial charge in [0, 0.05) is 20.7 Å². The minimum Gasteiger partial charge on any atom is -0.389 e. The molecule has 2 fully saturated rings. The number of hydrogen-bond donors (Lipinski definition) is 7. The van der Waals surface area contributed by atoms with Gasteiger partial charge < -0.3 is 57.6 Å². The van der Waals surface area contributed by atoms with Crippen LogP contribution in [0.3, 0.4) is 0 Å². The molecule has 1 saturated heterocycles. The Morgan fingerprint density at radius 1 is 1.20 bits per heavy atom. The van der Waals surface area contributed by atoms with E-state index < -0.39 is 67.3 Å². The molecule has 0 aromatic rings. The molecule has 30 heavy (non-hydrogen) atoms. The van der Waals surface area contributed by atoms with Gasteiger partial charge in [0.05, 0.1) is 36.9 Å². The zero-order valence-corrected chi connectivity index (χ0v) is 17.2. The number of aliphatic hydroxyl groups excluding tert-OH is 2. The van der Waals surface area contributed by atoms with E-state index in [1.807, 2.05) is 0 Å². The summed E-state index contributed by atoms with van der Waals surface area (Å²) < 4.78 is 17.0. The average Bonchev–Trinajstić information content (AvgIpc) is 2.72. The second kappa shape index (κ2) is 10.6. The number of aliphatic hydroxyl groups is 2. The molecule has 1 aliphatic carbocycles. The van der Waals surface area contributed by atoms with Crippen LogP contribution in [0.4, 0.5) is 4.79 Å². The van der Waals surface area contributed by atoms with Crippen molar-refractivity contribution in [2.75, 3.05) is 27.2 Å². The van der Waals surface area contributed by atoms with Crippen LogP contribution in [-0.2, 0) is 19.0 Å². The Kier molecular flexibility index (Phi) is 8.75. The number of methoxy groups -OCH3 is 1. The molecule has 0 spiro atoms. The second-order valence-corrected chi connectivity index (χ2v) is 7.68. The molecule has 2 rings (SSSR count). The Morgan fingerprint density at radius 3 is 2.43 bits per heavy atom.